The predicted molar refractivity (Wildman–Crippen MR) is 43.7 cm³/mol. The van der Waals surface area contributed by atoms with E-state index in [1.54, 1.807) is 0 Å². The van der Waals surface area contributed by atoms with Crippen LogP contribution < -0.4 is 11.3 Å². The van der Waals surface area contributed by atoms with E-state index in [0.29, 0.717) is 0 Å². The fraction of sp³-hybridized carbons (Fsp3) is 0.250. The highest BCUT2D eigenvalue weighted by molar-refractivity contribution is 5.52. The molecule has 0 saturated carbocycles. The lowest BCUT2D eigenvalue weighted by Crippen LogP contribution is -2.08. The molecule has 0 unspecified atom stereocenters. The molecule has 0 spiro atoms. The maximum Gasteiger partial charge on any atom is 0.0516 e. The molecule has 2 nitrogen and oxygen atoms in total. The molecule has 0 radical (unpaired) electrons. The van der Waals surface area contributed by atoms with Crippen LogP contribution in [0.15, 0.2) is 18.2 Å². The van der Waals surface area contributed by atoms with E-state index >= 15 is 0 Å². The summed E-state index contributed by atoms with van der Waals surface area (Å²) in [6.45, 7) is 4.11. The van der Waals surface area contributed by atoms with Gasteiger partial charge in [-0.1, -0.05) is 12.1 Å². The number of anilines is 1. The van der Waals surface area contributed by atoms with Crippen molar-refractivity contribution in [3.05, 3.63) is 29.3 Å². The molecular weight excluding hydrogens is 124 g/mol. The van der Waals surface area contributed by atoms with Crippen LogP contribution in [0.3, 0.4) is 0 Å². The first-order chi connectivity index (χ1) is 4.75. The molecule has 1 aromatic rings. The summed E-state index contributed by atoms with van der Waals surface area (Å²) in [7, 11) is 0. The fourth-order valence-electron chi connectivity index (χ4n) is 0.907. The molecule has 0 aliphatic rings. The third-order valence-electron chi connectivity index (χ3n) is 1.76. The molecule has 0 atom stereocenters. The van der Waals surface area contributed by atoms with Crippen molar-refractivity contribution >= 4 is 5.69 Å². The Morgan fingerprint density at radius 1 is 1.30 bits per heavy atom. The summed E-state index contributed by atoms with van der Waals surface area (Å²) in [5, 5.41) is 0. The standard InChI is InChI=1S/C8H12N2/c1-6-4-3-5-8(10-9)7(6)2/h3-5,10H,9H2,1-2H3. The van der Waals surface area contributed by atoms with E-state index in [1.165, 1.54) is 11.1 Å². The van der Waals surface area contributed by atoms with E-state index in [1.807, 2.05) is 19.1 Å². The zero-order chi connectivity index (χ0) is 7.56. The van der Waals surface area contributed by atoms with Crippen molar-refractivity contribution in [2.75, 3.05) is 5.43 Å². The Labute approximate surface area is 61.0 Å². The lowest BCUT2D eigenvalue weighted by Gasteiger charge is -2.05. The van der Waals surface area contributed by atoms with Gasteiger partial charge in [-0.3, -0.25) is 5.84 Å². The van der Waals surface area contributed by atoms with Crippen LogP contribution in [0.1, 0.15) is 11.1 Å². The number of hydrogen-bond acceptors (Lipinski definition) is 2. The van der Waals surface area contributed by atoms with Gasteiger partial charge in [0, 0.05) is 0 Å². The summed E-state index contributed by atoms with van der Waals surface area (Å²) in [5.74, 6) is 5.27. The molecule has 0 bridgehead atoms. The monoisotopic (exact) mass is 136 g/mol. The zero-order valence-corrected chi connectivity index (χ0v) is 6.31. The quantitative estimate of drug-likeness (QED) is 0.454. The lowest BCUT2D eigenvalue weighted by molar-refractivity contribution is 1.27. The summed E-state index contributed by atoms with van der Waals surface area (Å²) in [6.07, 6.45) is 0. The second kappa shape index (κ2) is 2.71. The largest absolute Gasteiger partial charge is 0.324 e. The zero-order valence-electron chi connectivity index (χ0n) is 6.31. The van der Waals surface area contributed by atoms with Crippen molar-refractivity contribution in [1.29, 1.82) is 0 Å². The third-order valence-corrected chi connectivity index (χ3v) is 1.76. The number of nitrogen functional groups attached to an aromatic ring is 1. The molecule has 0 aliphatic heterocycles. The van der Waals surface area contributed by atoms with Crippen LogP contribution >= 0.6 is 0 Å². The van der Waals surface area contributed by atoms with Crippen molar-refractivity contribution < 1.29 is 0 Å². The predicted octanol–water partition coefficient (Wildman–Crippen LogP) is 1.59. The SMILES string of the molecule is Cc1cccc(NN)c1C. The Morgan fingerprint density at radius 2 is 2.00 bits per heavy atom. The average Bonchev–Trinajstić information content (AvgIpc) is 1.95. The average molecular weight is 136 g/mol. The minimum Gasteiger partial charge on any atom is -0.324 e. The highest BCUT2D eigenvalue weighted by Gasteiger charge is 1.95. The topological polar surface area (TPSA) is 38.0 Å². The Hall–Kier alpha value is -1.02. The number of nitrogens with two attached hydrogens (primary N) is 1. The number of nitrogens with one attached hydrogen (secondary N) is 1. The minimum atomic E-state index is 1.00. The van der Waals surface area contributed by atoms with Gasteiger partial charge in [0.25, 0.3) is 0 Å². The molecule has 1 aromatic carbocycles. The molecule has 1 rings (SSSR count). The Balaban J connectivity index is 3.14. The van der Waals surface area contributed by atoms with Crippen LogP contribution in [0.25, 0.3) is 0 Å². The van der Waals surface area contributed by atoms with Gasteiger partial charge < -0.3 is 5.43 Å². The van der Waals surface area contributed by atoms with Crippen LogP contribution in [0.5, 0.6) is 0 Å². The van der Waals surface area contributed by atoms with E-state index in [2.05, 4.69) is 18.4 Å². The van der Waals surface area contributed by atoms with E-state index in [-0.39, 0.29) is 0 Å². The van der Waals surface area contributed by atoms with Crippen molar-refractivity contribution in [3.63, 3.8) is 0 Å². The van der Waals surface area contributed by atoms with E-state index in [9.17, 15) is 0 Å². The van der Waals surface area contributed by atoms with Gasteiger partial charge in [-0.25, -0.2) is 0 Å². The fourth-order valence-corrected chi connectivity index (χ4v) is 0.907. The van der Waals surface area contributed by atoms with Gasteiger partial charge in [0.15, 0.2) is 0 Å². The van der Waals surface area contributed by atoms with Gasteiger partial charge in [-0.05, 0) is 31.0 Å². The van der Waals surface area contributed by atoms with Crippen molar-refractivity contribution in [1.82, 2.24) is 0 Å². The maximum atomic E-state index is 5.27. The van der Waals surface area contributed by atoms with E-state index < -0.39 is 0 Å². The van der Waals surface area contributed by atoms with Crippen molar-refractivity contribution in [3.8, 4) is 0 Å². The Kier molecular flexibility index (Phi) is 1.92. The number of aryl methyl sites for hydroxylation is 1. The summed E-state index contributed by atoms with van der Waals surface area (Å²) >= 11 is 0. The summed E-state index contributed by atoms with van der Waals surface area (Å²) < 4.78 is 0. The van der Waals surface area contributed by atoms with Gasteiger partial charge in [0.05, 0.1) is 5.69 Å². The lowest BCUT2D eigenvalue weighted by atomic mass is 10.1. The van der Waals surface area contributed by atoms with Gasteiger partial charge in [0.2, 0.25) is 0 Å². The van der Waals surface area contributed by atoms with Gasteiger partial charge in [-0.15, -0.1) is 0 Å². The Bertz CT molecular complexity index is 231. The first-order valence-corrected chi connectivity index (χ1v) is 3.28. The van der Waals surface area contributed by atoms with Gasteiger partial charge >= 0.3 is 0 Å². The van der Waals surface area contributed by atoms with Gasteiger partial charge in [-0.2, -0.15) is 0 Å². The highest BCUT2D eigenvalue weighted by Crippen LogP contribution is 2.15. The second-order valence-electron chi connectivity index (χ2n) is 2.39. The number of hydrogen-bond donors (Lipinski definition) is 2. The molecule has 0 aliphatic carbocycles. The number of benzene rings is 1. The normalized spacial score (nSPS) is 9.50. The number of rotatable bonds is 1. The minimum absolute atomic E-state index is 1.00. The molecule has 0 saturated heterocycles. The number of hydrazine groups is 1. The van der Waals surface area contributed by atoms with Crippen molar-refractivity contribution in [2.24, 2.45) is 5.84 Å². The van der Waals surface area contributed by atoms with Crippen LogP contribution in [0.2, 0.25) is 0 Å². The first-order valence-electron chi connectivity index (χ1n) is 3.28. The van der Waals surface area contributed by atoms with Crippen LogP contribution in [0, 0.1) is 13.8 Å². The van der Waals surface area contributed by atoms with Crippen LogP contribution in [-0.2, 0) is 0 Å². The summed E-state index contributed by atoms with van der Waals surface area (Å²) in [5.41, 5.74) is 6.11. The van der Waals surface area contributed by atoms with E-state index in [4.69, 9.17) is 5.84 Å². The molecule has 54 valence electrons. The Morgan fingerprint density at radius 3 is 2.50 bits per heavy atom. The summed E-state index contributed by atoms with van der Waals surface area (Å²) in [4.78, 5) is 0. The molecule has 0 aromatic heterocycles. The van der Waals surface area contributed by atoms with Crippen molar-refractivity contribution in [2.45, 2.75) is 13.8 Å². The molecule has 0 amide bonds. The third kappa shape index (κ3) is 1.11. The first kappa shape index (κ1) is 7.09. The molecule has 10 heavy (non-hydrogen) atoms. The smallest absolute Gasteiger partial charge is 0.0516 e. The summed E-state index contributed by atoms with van der Waals surface area (Å²) in [6, 6.07) is 6.01. The molecule has 0 heterocycles. The highest BCUT2D eigenvalue weighted by atomic mass is 15.2. The second-order valence-corrected chi connectivity index (χ2v) is 2.39. The molecule has 3 N–H and O–H groups in total. The molecule has 0 fully saturated rings. The molecular formula is C8H12N2. The van der Waals surface area contributed by atoms with Gasteiger partial charge in [0.1, 0.15) is 0 Å². The van der Waals surface area contributed by atoms with E-state index in [0.717, 1.165) is 5.69 Å². The van der Waals surface area contributed by atoms with Crippen LogP contribution in [0.4, 0.5) is 5.69 Å². The molecule has 2 heteroatoms. The maximum absolute atomic E-state index is 5.27. The van der Waals surface area contributed by atoms with Crippen LogP contribution in [-0.4, -0.2) is 0 Å².